The topological polar surface area (TPSA) is 51.8 Å². The maximum absolute atomic E-state index is 6.20. The normalized spacial score (nSPS) is 23.1. The molecule has 3 nitrogen and oxygen atoms in total. The summed E-state index contributed by atoms with van der Waals surface area (Å²) in [6, 6.07) is 0. The standard InChI is InChI=1S/C28H49N3/c29-26-23-30-27(24-19-15-11-7-3-1-4-8-12-16-20-24)28(31-26)25-21-17-13-9-5-2-6-10-14-18-22-25/h23-25H,1-22H2,(H2,29,31). The second kappa shape index (κ2) is 14.9. The first-order valence-electron chi connectivity index (χ1n) is 14.0. The zero-order valence-electron chi connectivity index (χ0n) is 20.3. The van der Waals surface area contributed by atoms with Crippen molar-refractivity contribution in [2.45, 2.75) is 153 Å². The molecule has 0 bridgehead atoms. The summed E-state index contributed by atoms with van der Waals surface area (Å²) in [6.45, 7) is 0. The molecule has 3 rings (SSSR count). The van der Waals surface area contributed by atoms with Crippen LogP contribution in [-0.2, 0) is 0 Å². The molecule has 0 unspecified atom stereocenters. The highest BCUT2D eigenvalue weighted by atomic mass is 14.9. The molecule has 2 saturated carbocycles. The number of hydrogen-bond acceptors (Lipinski definition) is 3. The SMILES string of the molecule is Nc1cnc(C2CCCCCCCCCCC2)c(C2CCCCCCCCCCC2)n1. The van der Waals surface area contributed by atoms with Gasteiger partial charge < -0.3 is 5.73 Å². The maximum atomic E-state index is 6.20. The Balaban J connectivity index is 1.75. The van der Waals surface area contributed by atoms with Crippen LogP contribution in [0.3, 0.4) is 0 Å². The van der Waals surface area contributed by atoms with Gasteiger partial charge in [-0.15, -0.1) is 0 Å². The summed E-state index contributed by atoms with van der Waals surface area (Å²) in [5.74, 6) is 1.77. The predicted molar refractivity (Wildman–Crippen MR) is 134 cm³/mol. The van der Waals surface area contributed by atoms with Gasteiger partial charge in [-0.2, -0.15) is 0 Å². The zero-order valence-corrected chi connectivity index (χ0v) is 20.3. The number of aromatic nitrogens is 2. The molecule has 1 heterocycles. The van der Waals surface area contributed by atoms with Gasteiger partial charge in [0.25, 0.3) is 0 Å². The van der Waals surface area contributed by atoms with E-state index in [1.165, 1.54) is 153 Å². The molecule has 2 N–H and O–H groups in total. The van der Waals surface area contributed by atoms with Crippen LogP contribution in [0, 0.1) is 0 Å². The lowest BCUT2D eigenvalue weighted by atomic mass is 9.83. The van der Waals surface area contributed by atoms with Gasteiger partial charge in [0, 0.05) is 11.8 Å². The van der Waals surface area contributed by atoms with Crippen molar-refractivity contribution in [1.29, 1.82) is 0 Å². The van der Waals surface area contributed by atoms with Crippen molar-refractivity contribution in [3.05, 3.63) is 17.6 Å². The van der Waals surface area contributed by atoms with Crippen LogP contribution in [0.15, 0.2) is 6.20 Å². The van der Waals surface area contributed by atoms with Crippen molar-refractivity contribution >= 4 is 5.82 Å². The molecule has 0 aromatic carbocycles. The summed E-state index contributed by atoms with van der Waals surface area (Å²) in [5.41, 5.74) is 8.81. The minimum Gasteiger partial charge on any atom is -0.382 e. The van der Waals surface area contributed by atoms with Crippen LogP contribution in [0.2, 0.25) is 0 Å². The minimum atomic E-state index is 0.562. The molecule has 2 aliphatic carbocycles. The van der Waals surface area contributed by atoms with Gasteiger partial charge >= 0.3 is 0 Å². The van der Waals surface area contributed by atoms with Crippen molar-refractivity contribution in [2.24, 2.45) is 0 Å². The zero-order chi connectivity index (χ0) is 21.6. The highest BCUT2D eigenvalue weighted by Gasteiger charge is 2.24. The Morgan fingerprint density at radius 1 is 0.484 bits per heavy atom. The lowest BCUT2D eigenvalue weighted by Crippen LogP contribution is -2.14. The van der Waals surface area contributed by atoms with Crippen LogP contribution in [0.25, 0.3) is 0 Å². The smallest absolute Gasteiger partial charge is 0.142 e. The van der Waals surface area contributed by atoms with Crippen molar-refractivity contribution < 1.29 is 0 Å². The van der Waals surface area contributed by atoms with Gasteiger partial charge in [0.05, 0.1) is 17.6 Å². The van der Waals surface area contributed by atoms with Crippen LogP contribution >= 0.6 is 0 Å². The maximum Gasteiger partial charge on any atom is 0.142 e. The molecule has 0 spiro atoms. The fraction of sp³-hybridized carbons (Fsp3) is 0.857. The van der Waals surface area contributed by atoms with E-state index in [-0.39, 0.29) is 0 Å². The number of nitrogens with two attached hydrogens (primary N) is 1. The summed E-state index contributed by atoms with van der Waals surface area (Å²) >= 11 is 0. The molecule has 2 aliphatic rings. The average molecular weight is 428 g/mol. The third kappa shape index (κ3) is 9.10. The van der Waals surface area contributed by atoms with Gasteiger partial charge in [-0.25, -0.2) is 4.98 Å². The highest BCUT2D eigenvalue weighted by Crippen LogP contribution is 2.37. The Morgan fingerprint density at radius 3 is 1.19 bits per heavy atom. The number of hydrogen-bond donors (Lipinski definition) is 1. The Kier molecular flexibility index (Phi) is 11.7. The Morgan fingerprint density at radius 2 is 0.806 bits per heavy atom. The van der Waals surface area contributed by atoms with E-state index < -0.39 is 0 Å². The molecule has 0 amide bonds. The molecule has 2 fully saturated rings. The number of anilines is 1. The van der Waals surface area contributed by atoms with Crippen LogP contribution in [0.5, 0.6) is 0 Å². The lowest BCUT2D eigenvalue weighted by Gasteiger charge is -2.25. The van der Waals surface area contributed by atoms with Crippen LogP contribution < -0.4 is 5.73 Å². The quantitative estimate of drug-likeness (QED) is 0.513. The van der Waals surface area contributed by atoms with Crippen LogP contribution in [0.4, 0.5) is 5.82 Å². The Bertz CT molecular complexity index is 576. The average Bonchev–Trinajstić information content (AvgIpc) is 2.75. The van der Waals surface area contributed by atoms with Crippen molar-refractivity contribution in [3.8, 4) is 0 Å². The molecular formula is C28H49N3. The molecule has 1 aromatic heterocycles. The Hall–Kier alpha value is -1.12. The summed E-state index contributed by atoms with van der Waals surface area (Å²) in [4.78, 5) is 9.97. The van der Waals surface area contributed by atoms with Crippen molar-refractivity contribution in [3.63, 3.8) is 0 Å². The van der Waals surface area contributed by atoms with E-state index >= 15 is 0 Å². The van der Waals surface area contributed by atoms with Gasteiger partial charge in [-0.05, 0) is 25.7 Å². The van der Waals surface area contributed by atoms with E-state index in [1.54, 1.807) is 0 Å². The molecule has 0 atom stereocenters. The number of rotatable bonds is 2. The van der Waals surface area contributed by atoms with E-state index in [2.05, 4.69) is 0 Å². The molecular weight excluding hydrogens is 378 g/mol. The minimum absolute atomic E-state index is 0.562. The molecule has 31 heavy (non-hydrogen) atoms. The molecule has 0 saturated heterocycles. The summed E-state index contributed by atoms with van der Waals surface area (Å²) in [7, 11) is 0. The van der Waals surface area contributed by atoms with E-state index in [9.17, 15) is 0 Å². The van der Waals surface area contributed by atoms with E-state index in [0.29, 0.717) is 17.7 Å². The van der Waals surface area contributed by atoms with Crippen LogP contribution in [0.1, 0.15) is 164 Å². The lowest BCUT2D eigenvalue weighted by molar-refractivity contribution is 0.437. The molecule has 1 aromatic rings. The van der Waals surface area contributed by atoms with E-state index in [0.717, 1.165) is 0 Å². The molecule has 3 heteroatoms. The number of nitrogen functional groups attached to an aromatic ring is 1. The summed E-state index contributed by atoms with van der Waals surface area (Å²) in [5, 5.41) is 0. The summed E-state index contributed by atoms with van der Waals surface area (Å²) < 4.78 is 0. The first-order chi connectivity index (χ1) is 15.3. The van der Waals surface area contributed by atoms with Gasteiger partial charge in [0.15, 0.2) is 0 Å². The van der Waals surface area contributed by atoms with Crippen LogP contribution in [-0.4, -0.2) is 9.97 Å². The third-order valence-electron chi connectivity index (χ3n) is 7.83. The van der Waals surface area contributed by atoms with Gasteiger partial charge in [-0.1, -0.05) is 116 Å². The fourth-order valence-corrected chi connectivity index (χ4v) is 5.92. The fourth-order valence-electron chi connectivity index (χ4n) is 5.92. The predicted octanol–water partition coefficient (Wildman–Crippen LogP) is 8.84. The monoisotopic (exact) mass is 427 g/mol. The van der Waals surface area contributed by atoms with Crippen molar-refractivity contribution in [1.82, 2.24) is 9.97 Å². The highest BCUT2D eigenvalue weighted by molar-refractivity contribution is 5.31. The number of nitrogens with zero attached hydrogens (tertiary/aromatic N) is 2. The second-order valence-corrected chi connectivity index (χ2v) is 10.5. The third-order valence-corrected chi connectivity index (χ3v) is 7.83. The van der Waals surface area contributed by atoms with Crippen molar-refractivity contribution in [2.75, 3.05) is 5.73 Å². The van der Waals surface area contributed by atoms with E-state index in [4.69, 9.17) is 15.7 Å². The Labute approximate surface area is 192 Å². The van der Waals surface area contributed by atoms with Gasteiger partial charge in [0.1, 0.15) is 5.82 Å². The second-order valence-electron chi connectivity index (χ2n) is 10.5. The van der Waals surface area contributed by atoms with E-state index in [1.807, 2.05) is 6.20 Å². The van der Waals surface area contributed by atoms with Gasteiger partial charge in [-0.3, -0.25) is 4.98 Å². The largest absolute Gasteiger partial charge is 0.382 e. The first-order valence-corrected chi connectivity index (χ1v) is 14.0. The molecule has 176 valence electrons. The molecule has 0 radical (unpaired) electrons. The molecule has 0 aliphatic heterocycles. The first kappa shape index (κ1) is 24.5. The van der Waals surface area contributed by atoms with Gasteiger partial charge in [0.2, 0.25) is 0 Å². The summed E-state index contributed by atoms with van der Waals surface area (Å²) in [6.07, 6.45) is 32.1.